The van der Waals surface area contributed by atoms with E-state index >= 15 is 0 Å². The number of hydrogen-bond acceptors (Lipinski definition) is 0. The zero-order chi connectivity index (χ0) is 20.1. The fraction of sp³-hybridized carbons (Fsp3) is 0.926. The number of halogens is 1. The Morgan fingerprint density at radius 1 is 0.964 bits per heavy atom. The Hall–Kier alpha value is 0.220. The Bertz CT molecular complexity index is 591. The Morgan fingerprint density at radius 2 is 1.75 bits per heavy atom. The van der Waals surface area contributed by atoms with Gasteiger partial charge in [-0.1, -0.05) is 81.5 Å². The summed E-state index contributed by atoms with van der Waals surface area (Å²) in [7, 11) is 0. The fourth-order valence-corrected chi connectivity index (χ4v) is 9.26. The highest BCUT2D eigenvalue weighted by Gasteiger charge is 2.59. The summed E-state index contributed by atoms with van der Waals surface area (Å²) in [5.41, 5.74) is 2.99. The van der Waals surface area contributed by atoms with Gasteiger partial charge in [0, 0.05) is 4.83 Å². The van der Waals surface area contributed by atoms with E-state index in [1.807, 2.05) is 5.57 Å². The van der Waals surface area contributed by atoms with Gasteiger partial charge in [-0.3, -0.25) is 0 Å². The first-order valence-corrected chi connectivity index (χ1v) is 13.5. The molecule has 0 aromatic carbocycles. The smallest absolute Gasteiger partial charge is 0.0328 e. The molecule has 160 valence electrons. The first-order chi connectivity index (χ1) is 13.3. The van der Waals surface area contributed by atoms with E-state index in [1.54, 1.807) is 0 Å². The van der Waals surface area contributed by atoms with Crippen molar-refractivity contribution in [1.29, 1.82) is 0 Å². The second-order valence-electron chi connectivity index (χ2n) is 12.1. The minimum absolute atomic E-state index is 0.523. The molecule has 3 saturated carbocycles. The third kappa shape index (κ3) is 3.58. The SMILES string of the molecule is CC(C)CCC[C@@H](C)[C@H]1CC[C@H]2[C@@H]3CCC4=C[C@@H](Br)CC[C@]4(C)[C@H]3CC[C@]12C. The van der Waals surface area contributed by atoms with Crippen molar-refractivity contribution in [3.63, 3.8) is 0 Å². The van der Waals surface area contributed by atoms with Crippen LogP contribution < -0.4 is 0 Å². The van der Waals surface area contributed by atoms with E-state index in [4.69, 9.17) is 0 Å². The summed E-state index contributed by atoms with van der Waals surface area (Å²) in [6.07, 6.45) is 18.7. The van der Waals surface area contributed by atoms with E-state index in [0.29, 0.717) is 15.7 Å². The van der Waals surface area contributed by atoms with Crippen molar-refractivity contribution in [2.45, 2.75) is 110 Å². The van der Waals surface area contributed by atoms with Crippen LogP contribution in [0.5, 0.6) is 0 Å². The molecule has 4 aliphatic carbocycles. The Morgan fingerprint density at radius 3 is 2.50 bits per heavy atom. The van der Waals surface area contributed by atoms with Crippen LogP contribution in [0, 0.1) is 46.3 Å². The normalized spacial score (nSPS) is 46.5. The summed E-state index contributed by atoms with van der Waals surface area (Å²) >= 11 is 3.89. The third-order valence-corrected chi connectivity index (χ3v) is 11.0. The van der Waals surface area contributed by atoms with Gasteiger partial charge in [0.1, 0.15) is 0 Å². The van der Waals surface area contributed by atoms with Crippen LogP contribution >= 0.6 is 15.9 Å². The molecule has 0 heterocycles. The molecule has 8 atom stereocenters. The molecule has 0 radical (unpaired) electrons. The van der Waals surface area contributed by atoms with Crippen LogP contribution in [0.2, 0.25) is 0 Å². The molecule has 0 N–H and O–H groups in total. The maximum Gasteiger partial charge on any atom is 0.0328 e. The van der Waals surface area contributed by atoms with Gasteiger partial charge in [0.05, 0.1) is 0 Å². The Kier molecular flexibility index (Phi) is 6.17. The van der Waals surface area contributed by atoms with E-state index in [9.17, 15) is 0 Å². The van der Waals surface area contributed by atoms with Crippen molar-refractivity contribution < 1.29 is 0 Å². The Labute approximate surface area is 183 Å². The number of hydrogen-bond donors (Lipinski definition) is 0. The summed E-state index contributed by atoms with van der Waals surface area (Å²) in [5.74, 6) is 5.80. The molecule has 0 aliphatic heterocycles. The van der Waals surface area contributed by atoms with Crippen molar-refractivity contribution in [2.75, 3.05) is 0 Å². The molecule has 0 unspecified atom stereocenters. The average Bonchev–Trinajstić information content (AvgIpc) is 2.99. The molecule has 4 rings (SSSR count). The van der Waals surface area contributed by atoms with Gasteiger partial charge in [-0.05, 0) is 97.7 Å². The van der Waals surface area contributed by atoms with Crippen LogP contribution in [-0.4, -0.2) is 4.83 Å². The van der Waals surface area contributed by atoms with Crippen molar-refractivity contribution in [3.05, 3.63) is 11.6 Å². The molecule has 0 spiro atoms. The van der Waals surface area contributed by atoms with Gasteiger partial charge in [-0.15, -0.1) is 0 Å². The summed E-state index contributed by atoms with van der Waals surface area (Å²) in [6.45, 7) is 12.7. The number of rotatable bonds is 5. The summed E-state index contributed by atoms with van der Waals surface area (Å²) in [5, 5.41) is 0. The van der Waals surface area contributed by atoms with Gasteiger partial charge in [0.15, 0.2) is 0 Å². The van der Waals surface area contributed by atoms with E-state index in [-0.39, 0.29) is 0 Å². The topological polar surface area (TPSA) is 0 Å². The van der Waals surface area contributed by atoms with Crippen molar-refractivity contribution in [3.8, 4) is 0 Å². The fourth-order valence-electron chi connectivity index (χ4n) is 8.71. The number of allylic oxidation sites excluding steroid dienone is 2. The lowest BCUT2D eigenvalue weighted by molar-refractivity contribution is -0.0590. The maximum absolute atomic E-state index is 3.89. The minimum Gasteiger partial charge on any atom is -0.0845 e. The molecule has 0 aromatic heterocycles. The molecule has 0 bridgehead atoms. The first-order valence-electron chi connectivity index (χ1n) is 12.6. The van der Waals surface area contributed by atoms with Crippen LogP contribution in [0.4, 0.5) is 0 Å². The first kappa shape index (κ1) is 21.5. The highest BCUT2D eigenvalue weighted by molar-refractivity contribution is 9.09. The molecule has 3 fully saturated rings. The second-order valence-corrected chi connectivity index (χ2v) is 13.3. The largest absolute Gasteiger partial charge is 0.0845 e. The highest BCUT2D eigenvalue weighted by Crippen LogP contribution is 2.67. The lowest BCUT2D eigenvalue weighted by Crippen LogP contribution is -2.51. The van der Waals surface area contributed by atoms with Gasteiger partial charge in [0.2, 0.25) is 0 Å². The molecular weight excluding hydrogens is 404 g/mol. The van der Waals surface area contributed by atoms with Gasteiger partial charge in [-0.25, -0.2) is 0 Å². The van der Waals surface area contributed by atoms with E-state index in [0.717, 1.165) is 35.5 Å². The molecular formula is C27H45Br. The van der Waals surface area contributed by atoms with Crippen LogP contribution in [0.1, 0.15) is 105 Å². The van der Waals surface area contributed by atoms with Gasteiger partial charge < -0.3 is 0 Å². The van der Waals surface area contributed by atoms with Crippen molar-refractivity contribution in [1.82, 2.24) is 0 Å². The second kappa shape index (κ2) is 8.05. The molecule has 0 aromatic rings. The van der Waals surface area contributed by atoms with Crippen LogP contribution in [0.25, 0.3) is 0 Å². The van der Waals surface area contributed by atoms with Gasteiger partial charge in [0.25, 0.3) is 0 Å². The average molecular weight is 450 g/mol. The molecule has 0 amide bonds. The summed E-state index contributed by atoms with van der Waals surface area (Å²) in [4.78, 5) is 0.642. The predicted octanol–water partition coefficient (Wildman–Crippen LogP) is 8.79. The monoisotopic (exact) mass is 448 g/mol. The molecule has 28 heavy (non-hydrogen) atoms. The molecule has 1 heteroatoms. The maximum atomic E-state index is 3.89. The zero-order valence-corrected chi connectivity index (χ0v) is 20.9. The standard InChI is InChI=1S/C27H45Br/c1-18(2)7-6-8-19(3)23-11-12-24-22-10-9-20-17-21(28)13-15-26(20,4)25(22)14-16-27(23,24)5/h17-19,21-25H,6-16H2,1-5H3/t19-,21+,22+,23-,24+,25+,26+,27-/m1/s1. The number of fused-ring (bicyclic) bond motifs is 5. The van der Waals surface area contributed by atoms with Gasteiger partial charge >= 0.3 is 0 Å². The van der Waals surface area contributed by atoms with Gasteiger partial charge in [-0.2, -0.15) is 0 Å². The molecule has 0 nitrogen and oxygen atoms in total. The van der Waals surface area contributed by atoms with E-state index < -0.39 is 0 Å². The summed E-state index contributed by atoms with van der Waals surface area (Å²) < 4.78 is 0. The Balaban J connectivity index is 1.48. The van der Waals surface area contributed by atoms with E-state index in [1.165, 1.54) is 70.6 Å². The lowest BCUT2D eigenvalue weighted by Gasteiger charge is -2.59. The van der Waals surface area contributed by atoms with Crippen LogP contribution in [0.15, 0.2) is 11.6 Å². The number of alkyl halides is 1. The predicted molar refractivity (Wildman–Crippen MR) is 126 cm³/mol. The lowest BCUT2D eigenvalue weighted by atomic mass is 9.46. The third-order valence-electron chi connectivity index (χ3n) is 10.3. The highest BCUT2D eigenvalue weighted by atomic mass is 79.9. The summed E-state index contributed by atoms with van der Waals surface area (Å²) in [6, 6.07) is 0. The van der Waals surface area contributed by atoms with Crippen LogP contribution in [-0.2, 0) is 0 Å². The zero-order valence-electron chi connectivity index (χ0n) is 19.3. The van der Waals surface area contributed by atoms with Crippen molar-refractivity contribution in [2.24, 2.45) is 46.3 Å². The van der Waals surface area contributed by atoms with Crippen molar-refractivity contribution >= 4 is 15.9 Å². The minimum atomic E-state index is 0.523. The molecule has 4 aliphatic rings. The van der Waals surface area contributed by atoms with Crippen LogP contribution in [0.3, 0.4) is 0 Å². The van der Waals surface area contributed by atoms with E-state index in [2.05, 4.69) is 56.6 Å². The quantitative estimate of drug-likeness (QED) is 0.291. The molecule has 0 saturated heterocycles.